The van der Waals surface area contributed by atoms with E-state index in [9.17, 15) is 8.42 Å². The maximum absolute atomic E-state index is 11.3. The van der Waals surface area contributed by atoms with Crippen LogP contribution in [0.25, 0.3) is 22.3 Å². The van der Waals surface area contributed by atoms with Crippen molar-refractivity contribution >= 4 is 21.4 Å². The van der Waals surface area contributed by atoms with E-state index in [1.807, 2.05) is 29.6 Å². The first-order valence-corrected chi connectivity index (χ1v) is 9.32. The minimum absolute atomic E-state index is 0.113. The Morgan fingerprint density at radius 1 is 0.870 bits per heavy atom. The SMILES string of the molecule is COc1ccc(-c2cscc2-c2ccc(S(N)(=O)=O)cc2)cc1. The molecule has 1 heterocycles. The maximum atomic E-state index is 11.3. The van der Waals surface area contributed by atoms with Gasteiger partial charge in [-0.15, -0.1) is 0 Å². The molecule has 23 heavy (non-hydrogen) atoms. The van der Waals surface area contributed by atoms with Crippen molar-refractivity contribution in [1.82, 2.24) is 0 Å². The van der Waals surface area contributed by atoms with Gasteiger partial charge in [0.05, 0.1) is 12.0 Å². The Morgan fingerprint density at radius 3 is 1.78 bits per heavy atom. The lowest BCUT2D eigenvalue weighted by Gasteiger charge is -2.07. The molecule has 0 bridgehead atoms. The number of nitrogens with two attached hydrogens (primary N) is 1. The van der Waals surface area contributed by atoms with Crippen molar-refractivity contribution in [2.24, 2.45) is 5.14 Å². The lowest BCUT2D eigenvalue weighted by atomic mass is 9.99. The number of primary sulfonamides is 1. The molecule has 0 spiro atoms. The Bertz CT molecular complexity index is 911. The molecule has 0 fully saturated rings. The summed E-state index contributed by atoms with van der Waals surface area (Å²) in [5.74, 6) is 0.808. The predicted molar refractivity (Wildman–Crippen MR) is 93.1 cm³/mol. The number of thiophene rings is 1. The van der Waals surface area contributed by atoms with E-state index in [1.54, 1.807) is 30.6 Å². The molecule has 2 N–H and O–H groups in total. The van der Waals surface area contributed by atoms with Crippen molar-refractivity contribution in [3.05, 3.63) is 59.3 Å². The van der Waals surface area contributed by atoms with Crippen LogP contribution >= 0.6 is 11.3 Å². The molecule has 0 amide bonds. The van der Waals surface area contributed by atoms with E-state index in [1.165, 1.54) is 12.1 Å². The summed E-state index contributed by atoms with van der Waals surface area (Å²) in [6.45, 7) is 0. The van der Waals surface area contributed by atoms with E-state index in [0.717, 1.165) is 28.0 Å². The van der Waals surface area contributed by atoms with Crippen molar-refractivity contribution in [1.29, 1.82) is 0 Å². The zero-order chi connectivity index (χ0) is 16.4. The second kappa shape index (κ2) is 6.16. The number of rotatable bonds is 4. The first kappa shape index (κ1) is 15.7. The zero-order valence-electron chi connectivity index (χ0n) is 12.4. The molecule has 118 valence electrons. The Balaban J connectivity index is 2.00. The van der Waals surface area contributed by atoms with Gasteiger partial charge < -0.3 is 4.74 Å². The second-order valence-corrected chi connectivity index (χ2v) is 7.30. The van der Waals surface area contributed by atoms with Crippen molar-refractivity contribution in [3.8, 4) is 28.0 Å². The Morgan fingerprint density at radius 2 is 1.35 bits per heavy atom. The molecule has 0 aliphatic carbocycles. The van der Waals surface area contributed by atoms with Crippen LogP contribution in [0.15, 0.2) is 64.2 Å². The third-order valence-corrected chi connectivity index (χ3v) is 5.23. The van der Waals surface area contributed by atoms with Gasteiger partial charge in [0.25, 0.3) is 0 Å². The van der Waals surface area contributed by atoms with Gasteiger partial charge in [-0.25, -0.2) is 13.6 Å². The minimum Gasteiger partial charge on any atom is -0.497 e. The molecule has 3 rings (SSSR count). The van der Waals surface area contributed by atoms with Crippen molar-refractivity contribution < 1.29 is 13.2 Å². The number of hydrogen-bond donors (Lipinski definition) is 1. The van der Waals surface area contributed by atoms with Crippen LogP contribution in [0.4, 0.5) is 0 Å². The van der Waals surface area contributed by atoms with Crippen LogP contribution in [0.5, 0.6) is 5.75 Å². The summed E-state index contributed by atoms with van der Waals surface area (Å²) in [5, 5.41) is 9.26. The van der Waals surface area contributed by atoms with Gasteiger partial charge in [0.1, 0.15) is 5.75 Å². The Labute approximate surface area is 139 Å². The summed E-state index contributed by atoms with van der Waals surface area (Å²) in [7, 11) is -2.03. The molecule has 0 saturated carbocycles. The highest BCUT2D eigenvalue weighted by Crippen LogP contribution is 2.36. The number of ether oxygens (including phenoxy) is 1. The molecule has 0 unspecified atom stereocenters. The smallest absolute Gasteiger partial charge is 0.238 e. The summed E-state index contributed by atoms with van der Waals surface area (Å²) in [4.78, 5) is 0.113. The third kappa shape index (κ3) is 3.29. The van der Waals surface area contributed by atoms with E-state index in [0.29, 0.717) is 0 Å². The molecule has 0 aliphatic rings. The summed E-state index contributed by atoms with van der Waals surface area (Å²) in [6, 6.07) is 14.4. The molecule has 6 heteroatoms. The van der Waals surface area contributed by atoms with Crippen molar-refractivity contribution in [2.75, 3.05) is 7.11 Å². The fourth-order valence-corrected chi connectivity index (χ4v) is 3.72. The van der Waals surface area contributed by atoms with Gasteiger partial charge in [-0.2, -0.15) is 11.3 Å². The molecule has 1 aromatic heterocycles. The molecule has 2 aromatic carbocycles. The Hall–Kier alpha value is -2.15. The van der Waals surface area contributed by atoms with Crippen molar-refractivity contribution in [3.63, 3.8) is 0 Å². The van der Waals surface area contributed by atoms with Gasteiger partial charge in [0.2, 0.25) is 10.0 Å². The Kier molecular flexibility index (Phi) is 4.21. The normalized spacial score (nSPS) is 11.4. The average Bonchev–Trinajstić information content (AvgIpc) is 3.04. The highest BCUT2D eigenvalue weighted by molar-refractivity contribution is 7.89. The van der Waals surface area contributed by atoms with Crippen LogP contribution in [0.2, 0.25) is 0 Å². The molecule has 0 atom stereocenters. The molecule has 0 aliphatic heterocycles. The largest absolute Gasteiger partial charge is 0.497 e. The summed E-state index contributed by atoms with van der Waals surface area (Å²) < 4.78 is 27.9. The fraction of sp³-hybridized carbons (Fsp3) is 0.0588. The molecule has 0 saturated heterocycles. The maximum Gasteiger partial charge on any atom is 0.238 e. The standard InChI is InChI=1S/C17H15NO3S2/c1-21-14-6-2-12(3-7-14)16-10-22-11-17(16)13-4-8-15(9-5-13)23(18,19)20/h2-11H,1H3,(H2,18,19,20). The zero-order valence-corrected chi connectivity index (χ0v) is 14.0. The van der Waals surface area contributed by atoms with E-state index in [-0.39, 0.29) is 4.90 Å². The summed E-state index contributed by atoms with van der Waals surface area (Å²) in [6.07, 6.45) is 0. The summed E-state index contributed by atoms with van der Waals surface area (Å²) >= 11 is 1.60. The topological polar surface area (TPSA) is 69.4 Å². The molecular weight excluding hydrogens is 330 g/mol. The first-order valence-electron chi connectivity index (χ1n) is 6.83. The first-order chi connectivity index (χ1) is 11.0. The van der Waals surface area contributed by atoms with Gasteiger partial charge in [-0.1, -0.05) is 24.3 Å². The number of methoxy groups -OCH3 is 1. The van der Waals surface area contributed by atoms with E-state index in [4.69, 9.17) is 9.88 Å². The average molecular weight is 345 g/mol. The van der Waals surface area contributed by atoms with Crippen LogP contribution in [0.1, 0.15) is 0 Å². The van der Waals surface area contributed by atoms with Crippen LogP contribution in [0, 0.1) is 0 Å². The second-order valence-electron chi connectivity index (χ2n) is 5.00. The monoisotopic (exact) mass is 345 g/mol. The molecular formula is C17H15NO3S2. The predicted octanol–water partition coefficient (Wildman–Crippen LogP) is 3.74. The molecule has 4 nitrogen and oxygen atoms in total. The van der Waals surface area contributed by atoms with Crippen molar-refractivity contribution in [2.45, 2.75) is 4.90 Å². The van der Waals surface area contributed by atoms with Crippen LogP contribution in [0.3, 0.4) is 0 Å². The number of hydrogen-bond acceptors (Lipinski definition) is 4. The van der Waals surface area contributed by atoms with Crippen LogP contribution in [-0.4, -0.2) is 15.5 Å². The minimum atomic E-state index is -3.67. The van der Waals surface area contributed by atoms with Gasteiger partial charge in [-0.05, 0) is 46.2 Å². The third-order valence-electron chi connectivity index (χ3n) is 3.56. The van der Waals surface area contributed by atoms with Gasteiger partial charge in [0.15, 0.2) is 0 Å². The molecule has 3 aromatic rings. The van der Waals surface area contributed by atoms with E-state index in [2.05, 4.69) is 5.38 Å². The van der Waals surface area contributed by atoms with Gasteiger partial charge in [-0.3, -0.25) is 0 Å². The van der Waals surface area contributed by atoms with Gasteiger partial charge >= 0.3 is 0 Å². The quantitative estimate of drug-likeness (QED) is 0.783. The van der Waals surface area contributed by atoms with E-state index >= 15 is 0 Å². The lowest BCUT2D eigenvalue weighted by molar-refractivity contribution is 0.415. The summed E-state index contributed by atoms with van der Waals surface area (Å²) in [5.41, 5.74) is 4.18. The van der Waals surface area contributed by atoms with Crippen LogP contribution < -0.4 is 9.88 Å². The van der Waals surface area contributed by atoms with Gasteiger partial charge in [0, 0.05) is 11.1 Å². The highest BCUT2D eigenvalue weighted by Gasteiger charge is 2.11. The fourth-order valence-electron chi connectivity index (χ4n) is 2.34. The van der Waals surface area contributed by atoms with E-state index < -0.39 is 10.0 Å². The number of benzene rings is 2. The lowest BCUT2D eigenvalue weighted by Crippen LogP contribution is -2.11. The highest BCUT2D eigenvalue weighted by atomic mass is 32.2. The van der Waals surface area contributed by atoms with Crippen LogP contribution in [-0.2, 0) is 10.0 Å². The molecule has 0 radical (unpaired) electrons. The number of sulfonamides is 1.